The number of carbonyl (C=O) groups excluding carboxylic acids is 2. The lowest BCUT2D eigenvalue weighted by Crippen LogP contribution is -3.00. The van der Waals surface area contributed by atoms with Crippen molar-refractivity contribution in [2.45, 2.75) is 213 Å². The molecule has 0 aromatic rings. The third-order valence-corrected chi connectivity index (χ3v) is 9.82. The number of likely N-dealkylation sites (N-methyl/N-ethyl adjacent to an activating group) is 1. The first-order chi connectivity index (χ1) is 23.8. The Morgan fingerprint density at radius 1 is 0.520 bits per heavy atom. The molecule has 0 saturated heterocycles. The lowest BCUT2D eigenvalue weighted by molar-refractivity contribution is -0.937. The highest BCUT2D eigenvalue weighted by Crippen LogP contribution is 2.19. The Hall–Kier alpha value is -1.18. The zero-order chi connectivity index (χ0) is 36.3. The fourth-order valence-corrected chi connectivity index (χ4v) is 6.14. The molecule has 0 aromatic heterocycles. The number of carbonyl (C=O) groups is 2. The second kappa shape index (κ2) is 37.6. The molecule has 2 unspecified atom stereocenters. The van der Waals surface area contributed by atoms with Gasteiger partial charge in [0.1, 0.15) is 0 Å². The maximum absolute atomic E-state index is 12.8. The van der Waals surface area contributed by atoms with Crippen LogP contribution < -0.4 is 17.0 Å². The second-order valence-corrected chi connectivity index (χ2v) is 14.9. The predicted octanol–water partition coefficient (Wildman–Crippen LogP) is 8.94. The SMILES string of the molecule is CCCCCCCC/C=C\CCCCCCCC(=O)OC(CO)C(OC(=O)CCCCCCC/C=C\CCCCCCCC)[N+](C)(C)CC.[Br-]. The molecule has 7 heteroatoms. The van der Waals surface area contributed by atoms with Gasteiger partial charge in [0.25, 0.3) is 6.23 Å². The summed E-state index contributed by atoms with van der Waals surface area (Å²) >= 11 is 0. The number of ether oxygens (including phenoxy) is 2. The fourth-order valence-electron chi connectivity index (χ4n) is 6.14. The van der Waals surface area contributed by atoms with Crippen LogP contribution in [0.5, 0.6) is 0 Å². The molecule has 0 spiro atoms. The van der Waals surface area contributed by atoms with Crippen LogP contribution in [-0.4, -0.2) is 61.1 Å². The molecule has 0 bridgehead atoms. The molecule has 0 fully saturated rings. The number of hydrogen-bond acceptors (Lipinski definition) is 5. The summed E-state index contributed by atoms with van der Waals surface area (Å²) in [6.45, 7) is 6.83. The van der Waals surface area contributed by atoms with Gasteiger partial charge in [-0.05, 0) is 71.1 Å². The Balaban J connectivity index is 0. The molecule has 50 heavy (non-hydrogen) atoms. The summed E-state index contributed by atoms with van der Waals surface area (Å²) in [7, 11) is 3.89. The minimum absolute atomic E-state index is 0. The van der Waals surface area contributed by atoms with Crippen LogP contribution in [0.15, 0.2) is 24.3 Å². The molecular weight excluding hydrogens is 690 g/mol. The quantitative estimate of drug-likeness (QED) is 0.0227. The number of rotatable bonds is 36. The van der Waals surface area contributed by atoms with E-state index in [0.29, 0.717) is 23.9 Å². The largest absolute Gasteiger partial charge is 1.00 e. The topological polar surface area (TPSA) is 72.8 Å². The zero-order valence-electron chi connectivity index (χ0n) is 33.6. The van der Waals surface area contributed by atoms with Crippen LogP contribution in [0.25, 0.3) is 0 Å². The molecular formula is C43H82BrNO5. The Bertz CT molecular complexity index is 815. The lowest BCUT2D eigenvalue weighted by atomic mass is 10.1. The standard InChI is InChI=1S/C43H82NO5.BrH/c1-6-9-11-13-15-17-19-21-23-25-27-29-31-33-35-37-41(46)48-40(39-45)43(44(4,5)8-3)49-42(47)38-36-34-32-30-28-26-24-22-20-18-16-14-12-10-7-2;/h21-24,40,43,45H,6-20,25-39H2,1-5H3;1H/q+1;/p-1/b23-21-,24-22-;. The van der Waals surface area contributed by atoms with Gasteiger partial charge in [0.2, 0.25) is 6.10 Å². The maximum atomic E-state index is 12.8. The Kier molecular flexibility index (Phi) is 38.3. The van der Waals surface area contributed by atoms with Gasteiger partial charge in [-0.2, -0.15) is 0 Å². The van der Waals surface area contributed by atoms with Crippen molar-refractivity contribution in [3.05, 3.63) is 24.3 Å². The number of esters is 2. The Labute approximate surface area is 321 Å². The molecule has 0 saturated carbocycles. The number of unbranched alkanes of at least 4 members (excludes halogenated alkanes) is 22. The highest BCUT2D eigenvalue weighted by molar-refractivity contribution is 5.70. The summed E-state index contributed by atoms with van der Waals surface area (Å²) in [6, 6.07) is 0. The number of quaternary nitrogens is 1. The first kappa shape index (κ1) is 50.9. The maximum Gasteiger partial charge on any atom is 0.310 e. The van der Waals surface area contributed by atoms with Gasteiger partial charge < -0.3 is 31.6 Å². The van der Waals surface area contributed by atoms with Gasteiger partial charge in [0.05, 0.1) is 27.2 Å². The van der Waals surface area contributed by atoms with Crippen molar-refractivity contribution in [1.29, 1.82) is 0 Å². The van der Waals surface area contributed by atoms with Crippen molar-refractivity contribution >= 4 is 11.9 Å². The summed E-state index contributed by atoms with van der Waals surface area (Å²) in [4.78, 5) is 25.5. The van der Waals surface area contributed by atoms with Crippen molar-refractivity contribution in [2.24, 2.45) is 0 Å². The summed E-state index contributed by atoms with van der Waals surface area (Å²) in [5.41, 5.74) is 0. The van der Waals surface area contributed by atoms with Crippen molar-refractivity contribution in [2.75, 3.05) is 27.2 Å². The number of halogens is 1. The van der Waals surface area contributed by atoms with Crippen LogP contribution in [0.1, 0.15) is 201 Å². The van der Waals surface area contributed by atoms with Crippen molar-refractivity contribution < 1.29 is 45.6 Å². The van der Waals surface area contributed by atoms with Crippen LogP contribution in [0, 0.1) is 0 Å². The number of aliphatic hydroxyl groups is 1. The van der Waals surface area contributed by atoms with E-state index in [4.69, 9.17) is 9.47 Å². The van der Waals surface area contributed by atoms with E-state index in [1.165, 1.54) is 116 Å². The van der Waals surface area contributed by atoms with Gasteiger partial charge in [0, 0.05) is 12.8 Å². The molecule has 0 aromatic carbocycles. The van der Waals surface area contributed by atoms with Crippen molar-refractivity contribution in [3.8, 4) is 0 Å². The molecule has 0 amide bonds. The van der Waals surface area contributed by atoms with Crippen LogP contribution in [0.3, 0.4) is 0 Å². The van der Waals surface area contributed by atoms with E-state index in [2.05, 4.69) is 38.2 Å². The van der Waals surface area contributed by atoms with Gasteiger partial charge in [-0.3, -0.25) is 14.1 Å². The lowest BCUT2D eigenvalue weighted by Gasteiger charge is -2.39. The number of hydrogen-bond donors (Lipinski definition) is 1. The van der Waals surface area contributed by atoms with Gasteiger partial charge >= 0.3 is 11.9 Å². The third-order valence-electron chi connectivity index (χ3n) is 9.82. The van der Waals surface area contributed by atoms with Crippen LogP contribution in [-0.2, 0) is 19.1 Å². The van der Waals surface area contributed by atoms with Gasteiger partial charge in [-0.25, -0.2) is 0 Å². The van der Waals surface area contributed by atoms with E-state index in [0.717, 1.165) is 51.4 Å². The second-order valence-electron chi connectivity index (χ2n) is 14.9. The van der Waals surface area contributed by atoms with E-state index in [1.807, 2.05) is 21.0 Å². The van der Waals surface area contributed by atoms with Crippen molar-refractivity contribution in [3.63, 3.8) is 0 Å². The minimum Gasteiger partial charge on any atom is -1.00 e. The molecule has 1 N–H and O–H groups in total. The summed E-state index contributed by atoms with van der Waals surface area (Å²) in [6.07, 6.45) is 39.8. The van der Waals surface area contributed by atoms with Gasteiger partial charge in [0.15, 0.2) is 0 Å². The summed E-state index contributed by atoms with van der Waals surface area (Å²) in [5.74, 6) is -0.611. The monoisotopic (exact) mass is 772 g/mol. The number of aliphatic hydroxyl groups excluding tert-OH is 1. The average Bonchev–Trinajstić information content (AvgIpc) is 3.09. The van der Waals surface area contributed by atoms with Crippen LogP contribution >= 0.6 is 0 Å². The molecule has 0 aliphatic rings. The normalized spacial score (nSPS) is 13.1. The summed E-state index contributed by atoms with van der Waals surface area (Å²) in [5, 5.41) is 10.1. The third kappa shape index (κ3) is 31.5. The molecule has 0 aliphatic heterocycles. The van der Waals surface area contributed by atoms with E-state index >= 15 is 0 Å². The molecule has 0 rings (SSSR count). The zero-order valence-corrected chi connectivity index (χ0v) is 35.2. The van der Waals surface area contributed by atoms with E-state index in [9.17, 15) is 14.7 Å². The van der Waals surface area contributed by atoms with Crippen molar-refractivity contribution in [1.82, 2.24) is 0 Å². The highest BCUT2D eigenvalue weighted by Gasteiger charge is 2.40. The number of nitrogens with zero attached hydrogens (tertiary/aromatic N) is 1. The molecule has 0 radical (unpaired) electrons. The predicted molar refractivity (Wildman–Crippen MR) is 208 cm³/mol. The Morgan fingerprint density at radius 3 is 1.18 bits per heavy atom. The van der Waals surface area contributed by atoms with E-state index in [1.54, 1.807) is 0 Å². The van der Waals surface area contributed by atoms with Crippen LogP contribution in [0.2, 0.25) is 0 Å². The molecule has 0 heterocycles. The molecule has 296 valence electrons. The summed E-state index contributed by atoms with van der Waals surface area (Å²) < 4.78 is 11.9. The van der Waals surface area contributed by atoms with E-state index < -0.39 is 12.3 Å². The molecule has 6 nitrogen and oxygen atoms in total. The molecule has 2 atom stereocenters. The first-order valence-corrected chi connectivity index (χ1v) is 20.9. The fraction of sp³-hybridized carbons (Fsp3) is 0.860. The first-order valence-electron chi connectivity index (χ1n) is 20.9. The highest BCUT2D eigenvalue weighted by atomic mass is 79.9. The van der Waals surface area contributed by atoms with Gasteiger partial charge in [-0.15, -0.1) is 0 Å². The minimum atomic E-state index is -0.872. The van der Waals surface area contributed by atoms with E-state index in [-0.39, 0.29) is 35.5 Å². The Morgan fingerprint density at radius 2 is 0.840 bits per heavy atom. The van der Waals surface area contributed by atoms with Crippen LogP contribution in [0.4, 0.5) is 0 Å². The average molecular weight is 773 g/mol. The number of allylic oxidation sites excluding steroid dienone is 4. The molecule has 0 aliphatic carbocycles. The smallest absolute Gasteiger partial charge is 0.310 e. The van der Waals surface area contributed by atoms with Gasteiger partial charge in [-0.1, -0.05) is 141 Å².